The fourth-order valence-corrected chi connectivity index (χ4v) is 3.45. The van der Waals surface area contributed by atoms with Crippen LogP contribution in [0.2, 0.25) is 10.0 Å². The van der Waals surface area contributed by atoms with Crippen molar-refractivity contribution in [2.24, 2.45) is 0 Å². The highest BCUT2D eigenvalue weighted by Gasteiger charge is 2.09. The van der Waals surface area contributed by atoms with Crippen LogP contribution in [-0.4, -0.2) is 5.91 Å². The molecule has 0 unspecified atom stereocenters. The van der Waals surface area contributed by atoms with Crippen LogP contribution in [0.3, 0.4) is 0 Å². The number of hydrogen-bond acceptors (Lipinski definition) is 2. The molecule has 0 atom stereocenters. The van der Waals surface area contributed by atoms with Crippen LogP contribution in [0.1, 0.15) is 15.9 Å². The van der Waals surface area contributed by atoms with Crippen LogP contribution in [0.25, 0.3) is 0 Å². The Bertz CT molecular complexity index is 864. The molecule has 0 aliphatic heterocycles. The topological polar surface area (TPSA) is 29.1 Å². The van der Waals surface area contributed by atoms with E-state index in [1.165, 1.54) is 5.56 Å². The van der Waals surface area contributed by atoms with Crippen LogP contribution in [-0.2, 0) is 5.75 Å². The maximum atomic E-state index is 12.4. The molecule has 5 heteroatoms. The van der Waals surface area contributed by atoms with E-state index in [4.69, 9.17) is 23.2 Å². The van der Waals surface area contributed by atoms with E-state index < -0.39 is 0 Å². The summed E-state index contributed by atoms with van der Waals surface area (Å²) in [7, 11) is 0. The molecule has 0 spiro atoms. The van der Waals surface area contributed by atoms with Crippen LogP contribution in [0, 0.1) is 0 Å². The van der Waals surface area contributed by atoms with E-state index in [0.717, 1.165) is 21.4 Å². The molecule has 3 aromatic rings. The number of halogens is 2. The standard InChI is InChI=1S/C20H15Cl2NOS/c21-16-9-5-14(6-10-16)13-25-19-4-2-1-3-18(19)23-20(24)15-7-11-17(22)12-8-15/h1-12H,13H2,(H,23,24). The molecule has 3 aromatic carbocycles. The molecular weight excluding hydrogens is 373 g/mol. The number of thioether (sulfide) groups is 1. The Morgan fingerprint density at radius 1 is 0.840 bits per heavy atom. The molecule has 1 N–H and O–H groups in total. The second kappa shape index (κ2) is 8.43. The number of nitrogens with one attached hydrogen (secondary N) is 1. The molecule has 1 amide bonds. The number of hydrogen-bond donors (Lipinski definition) is 1. The molecule has 126 valence electrons. The van der Waals surface area contributed by atoms with Crippen molar-refractivity contribution in [2.45, 2.75) is 10.6 Å². The van der Waals surface area contributed by atoms with Crippen molar-refractivity contribution in [1.82, 2.24) is 0 Å². The lowest BCUT2D eigenvalue weighted by molar-refractivity contribution is 0.102. The molecule has 0 aromatic heterocycles. The van der Waals surface area contributed by atoms with E-state index in [1.807, 2.05) is 48.5 Å². The molecule has 0 bridgehead atoms. The average molecular weight is 388 g/mol. The van der Waals surface area contributed by atoms with Crippen LogP contribution >= 0.6 is 35.0 Å². The lowest BCUT2D eigenvalue weighted by Gasteiger charge is -2.11. The fourth-order valence-electron chi connectivity index (χ4n) is 2.23. The smallest absolute Gasteiger partial charge is 0.255 e. The first-order valence-electron chi connectivity index (χ1n) is 7.65. The van der Waals surface area contributed by atoms with Crippen LogP contribution < -0.4 is 5.32 Å². The molecule has 0 aliphatic rings. The van der Waals surface area contributed by atoms with E-state index in [1.54, 1.807) is 36.0 Å². The Labute approximate surface area is 161 Å². The van der Waals surface area contributed by atoms with E-state index in [9.17, 15) is 4.79 Å². The fraction of sp³-hybridized carbons (Fsp3) is 0.0500. The summed E-state index contributed by atoms with van der Waals surface area (Å²) < 4.78 is 0. The summed E-state index contributed by atoms with van der Waals surface area (Å²) in [4.78, 5) is 13.4. The minimum atomic E-state index is -0.156. The van der Waals surface area contributed by atoms with Crippen molar-refractivity contribution in [3.8, 4) is 0 Å². The molecule has 0 fully saturated rings. The van der Waals surface area contributed by atoms with Gasteiger partial charge in [0.05, 0.1) is 5.69 Å². The number of carbonyl (C=O) groups is 1. The molecule has 0 heterocycles. The SMILES string of the molecule is O=C(Nc1ccccc1SCc1ccc(Cl)cc1)c1ccc(Cl)cc1. The highest BCUT2D eigenvalue weighted by molar-refractivity contribution is 7.98. The highest BCUT2D eigenvalue weighted by atomic mass is 35.5. The van der Waals surface area contributed by atoms with Gasteiger partial charge < -0.3 is 5.32 Å². The van der Waals surface area contributed by atoms with E-state index >= 15 is 0 Å². The monoisotopic (exact) mass is 387 g/mol. The summed E-state index contributed by atoms with van der Waals surface area (Å²) in [5, 5.41) is 4.30. The quantitative estimate of drug-likeness (QED) is 0.503. The van der Waals surface area contributed by atoms with Gasteiger partial charge in [0.2, 0.25) is 0 Å². The minimum Gasteiger partial charge on any atom is -0.321 e. The van der Waals surface area contributed by atoms with Crippen molar-refractivity contribution in [1.29, 1.82) is 0 Å². The second-order valence-electron chi connectivity index (χ2n) is 5.37. The van der Waals surface area contributed by atoms with Gasteiger partial charge in [-0.2, -0.15) is 0 Å². The molecular formula is C20H15Cl2NOS. The van der Waals surface area contributed by atoms with Crippen LogP contribution in [0.15, 0.2) is 77.7 Å². The van der Waals surface area contributed by atoms with Gasteiger partial charge in [0.15, 0.2) is 0 Å². The largest absolute Gasteiger partial charge is 0.321 e. The van der Waals surface area contributed by atoms with Gasteiger partial charge in [-0.25, -0.2) is 0 Å². The third-order valence-electron chi connectivity index (χ3n) is 3.55. The Morgan fingerprint density at radius 3 is 2.12 bits per heavy atom. The van der Waals surface area contributed by atoms with Gasteiger partial charge in [-0.1, -0.05) is 47.5 Å². The number of carbonyl (C=O) groups excluding carboxylic acids is 1. The summed E-state index contributed by atoms with van der Waals surface area (Å²) in [6, 6.07) is 22.4. The average Bonchev–Trinajstić information content (AvgIpc) is 2.63. The number of anilines is 1. The van der Waals surface area contributed by atoms with Crippen LogP contribution in [0.5, 0.6) is 0 Å². The lowest BCUT2D eigenvalue weighted by Crippen LogP contribution is -2.12. The Morgan fingerprint density at radius 2 is 1.44 bits per heavy atom. The normalized spacial score (nSPS) is 10.5. The van der Waals surface area contributed by atoms with E-state index in [-0.39, 0.29) is 5.91 Å². The molecule has 0 radical (unpaired) electrons. The van der Waals surface area contributed by atoms with Crippen molar-refractivity contribution >= 4 is 46.6 Å². The first kappa shape index (κ1) is 17.9. The van der Waals surface area contributed by atoms with Gasteiger partial charge in [-0.3, -0.25) is 4.79 Å². The maximum absolute atomic E-state index is 12.4. The van der Waals surface area contributed by atoms with Crippen LogP contribution in [0.4, 0.5) is 5.69 Å². The third kappa shape index (κ3) is 5.02. The molecule has 0 saturated carbocycles. The molecule has 0 saturated heterocycles. The van der Waals surface area contributed by atoms with Gasteiger partial charge in [-0.15, -0.1) is 11.8 Å². The summed E-state index contributed by atoms with van der Waals surface area (Å²) in [6.45, 7) is 0. The third-order valence-corrected chi connectivity index (χ3v) is 5.20. The lowest BCUT2D eigenvalue weighted by atomic mass is 10.2. The predicted octanol–water partition coefficient (Wildman–Crippen LogP) is 6.54. The summed E-state index contributed by atoms with van der Waals surface area (Å²) >= 11 is 13.5. The zero-order valence-corrected chi connectivity index (χ0v) is 15.5. The Kier molecular flexibility index (Phi) is 6.03. The van der Waals surface area contributed by atoms with Gasteiger partial charge in [0.25, 0.3) is 5.91 Å². The highest BCUT2D eigenvalue weighted by Crippen LogP contribution is 2.30. The summed E-state index contributed by atoms with van der Waals surface area (Å²) in [5.74, 6) is 0.640. The maximum Gasteiger partial charge on any atom is 0.255 e. The molecule has 25 heavy (non-hydrogen) atoms. The van der Waals surface area contributed by atoms with Crippen molar-refractivity contribution < 1.29 is 4.79 Å². The zero-order valence-electron chi connectivity index (χ0n) is 13.2. The van der Waals surface area contributed by atoms with Gasteiger partial charge >= 0.3 is 0 Å². The molecule has 0 aliphatic carbocycles. The number of benzene rings is 3. The summed E-state index contributed by atoms with van der Waals surface area (Å²) in [6.07, 6.45) is 0. The van der Waals surface area contributed by atoms with E-state index in [2.05, 4.69) is 5.32 Å². The van der Waals surface area contributed by atoms with Gasteiger partial charge in [0, 0.05) is 26.3 Å². The first-order valence-corrected chi connectivity index (χ1v) is 9.39. The summed E-state index contributed by atoms with van der Waals surface area (Å²) in [5.41, 5.74) is 2.54. The van der Waals surface area contributed by atoms with Gasteiger partial charge in [-0.05, 0) is 54.1 Å². The second-order valence-corrected chi connectivity index (χ2v) is 7.26. The Hall–Kier alpha value is -1.94. The molecule has 3 rings (SSSR count). The predicted molar refractivity (Wildman–Crippen MR) is 107 cm³/mol. The Balaban J connectivity index is 1.71. The first-order chi connectivity index (χ1) is 12.1. The van der Waals surface area contributed by atoms with E-state index in [0.29, 0.717) is 10.6 Å². The molecule has 2 nitrogen and oxygen atoms in total. The minimum absolute atomic E-state index is 0.156. The van der Waals surface area contributed by atoms with Gasteiger partial charge in [0.1, 0.15) is 0 Å². The van der Waals surface area contributed by atoms with Crippen molar-refractivity contribution in [3.63, 3.8) is 0 Å². The zero-order chi connectivity index (χ0) is 17.6. The number of para-hydroxylation sites is 1. The van der Waals surface area contributed by atoms with Crippen molar-refractivity contribution in [3.05, 3.63) is 94.0 Å². The number of rotatable bonds is 5. The van der Waals surface area contributed by atoms with Crippen molar-refractivity contribution in [2.75, 3.05) is 5.32 Å². The number of amides is 1.